The molecule has 120 valence electrons. The van der Waals surface area contributed by atoms with Crippen LogP contribution in [0.3, 0.4) is 0 Å². The van der Waals surface area contributed by atoms with Crippen molar-refractivity contribution in [2.24, 2.45) is 0 Å². The predicted octanol–water partition coefficient (Wildman–Crippen LogP) is -3.52. The van der Waals surface area contributed by atoms with Gasteiger partial charge >= 0.3 is 153 Å². The van der Waals surface area contributed by atoms with Crippen LogP contribution in [-0.4, -0.2) is 89.2 Å². The van der Waals surface area contributed by atoms with Crippen LogP contribution >= 0.6 is 0 Å². The first-order valence-electron chi connectivity index (χ1n) is 6.36. The SMILES string of the molecule is OB(O)c1c(F)c2c3n[te]nc3c(B(O)O)c(F)c2c2n[te]nc12. The van der Waals surface area contributed by atoms with Gasteiger partial charge in [-0.3, -0.25) is 0 Å². The van der Waals surface area contributed by atoms with Gasteiger partial charge in [-0.05, 0) is 0 Å². The molecule has 4 aromatic rings. The fraction of sp³-hybridized carbons (Fsp3) is 0. The number of benzene rings is 2. The third kappa shape index (κ3) is 2.19. The van der Waals surface area contributed by atoms with E-state index in [4.69, 9.17) is 0 Å². The summed E-state index contributed by atoms with van der Waals surface area (Å²) in [6.45, 7) is 0. The first kappa shape index (κ1) is 16.8. The van der Waals surface area contributed by atoms with Gasteiger partial charge in [-0.25, -0.2) is 0 Å². The van der Waals surface area contributed by atoms with E-state index in [1.54, 1.807) is 0 Å². The van der Waals surface area contributed by atoms with Crippen molar-refractivity contribution in [1.29, 1.82) is 0 Å². The molecular weight excluding hydrogens is 555 g/mol. The molecule has 0 aliphatic heterocycles. The van der Waals surface area contributed by atoms with Gasteiger partial charge in [-0.2, -0.15) is 0 Å². The van der Waals surface area contributed by atoms with E-state index in [-0.39, 0.29) is 32.8 Å². The van der Waals surface area contributed by atoms with Gasteiger partial charge < -0.3 is 0 Å². The molecule has 4 N–H and O–H groups in total. The minimum absolute atomic E-state index is 0.0122. The van der Waals surface area contributed by atoms with Crippen molar-refractivity contribution in [3.05, 3.63) is 11.6 Å². The fourth-order valence-corrected chi connectivity index (χ4v) is 5.91. The van der Waals surface area contributed by atoms with Gasteiger partial charge in [0.25, 0.3) is 0 Å². The number of hydrogen-bond acceptors (Lipinski definition) is 8. The second-order valence-electron chi connectivity index (χ2n) is 4.88. The molecule has 0 aliphatic carbocycles. The molecule has 0 amide bonds. The summed E-state index contributed by atoms with van der Waals surface area (Å²) in [5.74, 6) is -2.12. The number of halogens is 2. The number of fused-ring (bicyclic) bond motifs is 5. The molecule has 0 unspecified atom stereocenters. The number of aromatic nitrogens is 4. The van der Waals surface area contributed by atoms with Gasteiger partial charge in [0.15, 0.2) is 0 Å². The van der Waals surface area contributed by atoms with Crippen LogP contribution in [0.2, 0.25) is 0 Å². The van der Waals surface area contributed by atoms with Crippen LogP contribution in [0.15, 0.2) is 0 Å². The maximum absolute atomic E-state index is 15.0. The molecule has 24 heavy (non-hydrogen) atoms. The predicted molar refractivity (Wildman–Crippen MR) is 83.6 cm³/mol. The molecule has 2 aromatic carbocycles. The molecule has 0 fully saturated rings. The molecule has 0 radical (unpaired) electrons. The normalized spacial score (nSPS) is 11.8. The second kappa shape index (κ2) is 5.94. The van der Waals surface area contributed by atoms with E-state index in [2.05, 4.69) is 12.8 Å². The summed E-state index contributed by atoms with van der Waals surface area (Å²) in [5, 5.41) is 37.4. The summed E-state index contributed by atoms with van der Waals surface area (Å²) >= 11 is -2.65. The quantitative estimate of drug-likeness (QED) is 0.186. The van der Waals surface area contributed by atoms with Gasteiger partial charge in [-0.1, -0.05) is 0 Å². The molecule has 2 heterocycles. The average molecular weight is 559 g/mol. The van der Waals surface area contributed by atoms with E-state index in [9.17, 15) is 28.9 Å². The zero-order chi connectivity index (χ0) is 17.2. The van der Waals surface area contributed by atoms with Crippen molar-refractivity contribution in [1.82, 2.24) is 12.8 Å². The van der Waals surface area contributed by atoms with Crippen LogP contribution in [0.5, 0.6) is 0 Å². The van der Waals surface area contributed by atoms with E-state index in [0.29, 0.717) is 0 Å². The van der Waals surface area contributed by atoms with E-state index in [0.717, 1.165) is 0 Å². The summed E-state index contributed by atoms with van der Waals surface area (Å²) in [6.07, 6.45) is 0. The van der Waals surface area contributed by atoms with Crippen LogP contribution in [0.4, 0.5) is 8.78 Å². The van der Waals surface area contributed by atoms with Gasteiger partial charge in [0.1, 0.15) is 0 Å². The first-order chi connectivity index (χ1) is 11.4. The Bertz CT molecular complexity index is 1030. The molecule has 4 rings (SSSR count). The second-order valence-corrected chi connectivity index (χ2v) is 7.89. The van der Waals surface area contributed by atoms with Crippen LogP contribution in [-0.2, 0) is 0 Å². The molecule has 0 saturated carbocycles. The van der Waals surface area contributed by atoms with Crippen molar-refractivity contribution in [3.8, 4) is 0 Å². The Labute approximate surface area is 152 Å². The topological polar surface area (TPSA) is 132 Å². The summed E-state index contributed by atoms with van der Waals surface area (Å²) < 4.78 is 46.1. The third-order valence-electron chi connectivity index (χ3n) is 3.64. The van der Waals surface area contributed by atoms with Crippen LogP contribution in [0.25, 0.3) is 32.8 Å². The Kier molecular flexibility index (Phi) is 4.15. The molecule has 2 aromatic heterocycles. The van der Waals surface area contributed by atoms with Crippen LogP contribution in [0, 0.1) is 11.6 Å². The zero-order valence-corrected chi connectivity index (χ0v) is 16.0. The third-order valence-corrected chi connectivity index (χ3v) is 6.66. The number of hydrogen-bond donors (Lipinski definition) is 4. The summed E-state index contributed by atoms with van der Waals surface area (Å²) in [7, 11) is -4.30. The van der Waals surface area contributed by atoms with E-state index >= 15 is 0 Å². The van der Waals surface area contributed by atoms with Gasteiger partial charge in [0.2, 0.25) is 0 Å². The van der Waals surface area contributed by atoms with E-state index < -0.39 is 78.8 Å². The van der Waals surface area contributed by atoms with Crippen LogP contribution < -0.4 is 10.9 Å². The van der Waals surface area contributed by atoms with E-state index in [1.807, 2.05) is 0 Å². The Balaban J connectivity index is 2.39. The van der Waals surface area contributed by atoms with Crippen molar-refractivity contribution < 1.29 is 28.9 Å². The molecule has 0 saturated heterocycles. The first-order valence-corrected chi connectivity index (χ1v) is 10.5. The van der Waals surface area contributed by atoms with Crippen molar-refractivity contribution in [2.45, 2.75) is 0 Å². The Morgan fingerprint density at radius 3 is 1.29 bits per heavy atom. The molecule has 0 bridgehead atoms. The van der Waals surface area contributed by atoms with Crippen molar-refractivity contribution in [3.63, 3.8) is 0 Å². The monoisotopic (exact) mass is 564 g/mol. The van der Waals surface area contributed by atoms with Crippen molar-refractivity contribution >= 4 is 100 Å². The molecular formula is C10H4B2F2N4O4Te2. The average Bonchev–Trinajstić information content (AvgIpc) is 3.14. The molecule has 14 heteroatoms. The Hall–Kier alpha value is -0.691. The van der Waals surface area contributed by atoms with Gasteiger partial charge in [-0.15, -0.1) is 0 Å². The van der Waals surface area contributed by atoms with E-state index in [1.165, 1.54) is 0 Å². The minimum atomic E-state index is -2.15. The van der Waals surface area contributed by atoms with Gasteiger partial charge in [0.05, 0.1) is 0 Å². The molecule has 0 atom stereocenters. The standard InChI is InChI=1S/C10H4B2F2N4O4Te2/c13-5-1-2(8-10(18-24-16-8)3(5)11(19)20)6(14)4(12(21)22)9-7(1)15-23-17-9/h19-22H. The molecule has 8 nitrogen and oxygen atoms in total. The summed E-state index contributed by atoms with van der Waals surface area (Å²) in [5.41, 5.74) is -1.21. The number of rotatable bonds is 2. The summed E-state index contributed by atoms with van der Waals surface area (Å²) in [4.78, 5) is 0. The number of nitrogens with zero attached hydrogens (tertiary/aromatic N) is 4. The van der Waals surface area contributed by atoms with Crippen molar-refractivity contribution in [2.75, 3.05) is 0 Å². The van der Waals surface area contributed by atoms with Crippen LogP contribution in [0.1, 0.15) is 0 Å². The Morgan fingerprint density at radius 1 is 0.625 bits per heavy atom. The zero-order valence-electron chi connectivity index (χ0n) is 11.3. The summed E-state index contributed by atoms with van der Waals surface area (Å²) in [6, 6.07) is 0. The fourth-order valence-electron chi connectivity index (χ4n) is 2.67. The molecule has 0 aliphatic rings. The Morgan fingerprint density at radius 2 is 0.958 bits per heavy atom. The van der Waals surface area contributed by atoms with Gasteiger partial charge in [0, 0.05) is 0 Å². The molecule has 0 spiro atoms. The maximum atomic E-state index is 15.0.